The standard InChI is InChI=1S/C11H24N2/c1-4-6-11(5-2)13-8-7-12-9-10(13)3/h10-12H,4-9H2,1-3H3. The third kappa shape index (κ3) is 2.96. The molecule has 1 N–H and O–H groups in total. The minimum atomic E-state index is 0.727. The van der Waals surface area contributed by atoms with Gasteiger partial charge in [-0.1, -0.05) is 20.3 Å². The highest BCUT2D eigenvalue weighted by Crippen LogP contribution is 2.15. The van der Waals surface area contributed by atoms with Gasteiger partial charge in [-0.3, -0.25) is 4.90 Å². The summed E-state index contributed by atoms with van der Waals surface area (Å²) in [5.74, 6) is 0. The number of rotatable bonds is 4. The van der Waals surface area contributed by atoms with Gasteiger partial charge in [-0.2, -0.15) is 0 Å². The molecule has 1 rings (SSSR count). The fourth-order valence-corrected chi connectivity index (χ4v) is 2.34. The van der Waals surface area contributed by atoms with Gasteiger partial charge in [0.25, 0.3) is 0 Å². The monoisotopic (exact) mass is 184 g/mol. The van der Waals surface area contributed by atoms with Gasteiger partial charge in [-0.25, -0.2) is 0 Å². The van der Waals surface area contributed by atoms with Crippen LogP contribution < -0.4 is 5.32 Å². The summed E-state index contributed by atoms with van der Waals surface area (Å²) in [7, 11) is 0. The molecule has 0 radical (unpaired) electrons. The Morgan fingerprint density at radius 1 is 1.46 bits per heavy atom. The van der Waals surface area contributed by atoms with Crippen LogP contribution in [0.5, 0.6) is 0 Å². The van der Waals surface area contributed by atoms with Gasteiger partial charge < -0.3 is 5.32 Å². The molecule has 0 aromatic carbocycles. The van der Waals surface area contributed by atoms with Crippen molar-refractivity contribution in [3.05, 3.63) is 0 Å². The molecule has 0 aromatic heterocycles. The highest BCUT2D eigenvalue weighted by Gasteiger charge is 2.23. The molecular weight excluding hydrogens is 160 g/mol. The van der Waals surface area contributed by atoms with E-state index in [9.17, 15) is 0 Å². The third-order valence-corrected chi connectivity index (χ3v) is 3.11. The van der Waals surface area contributed by atoms with Crippen molar-refractivity contribution in [1.82, 2.24) is 10.2 Å². The molecule has 0 saturated carbocycles. The molecule has 2 atom stereocenters. The molecule has 1 heterocycles. The summed E-state index contributed by atoms with van der Waals surface area (Å²) < 4.78 is 0. The van der Waals surface area contributed by atoms with Crippen LogP contribution in [0, 0.1) is 0 Å². The molecule has 2 nitrogen and oxygen atoms in total. The van der Waals surface area contributed by atoms with Crippen molar-refractivity contribution in [3.8, 4) is 0 Å². The van der Waals surface area contributed by atoms with Crippen molar-refractivity contribution < 1.29 is 0 Å². The molecule has 2 heteroatoms. The maximum absolute atomic E-state index is 3.44. The molecule has 13 heavy (non-hydrogen) atoms. The minimum absolute atomic E-state index is 0.727. The Bertz CT molecular complexity index is 136. The van der Waals surface area contributed by atoms with Crippen LogP contribution in [0.15, 0.2) is 0 Å². The van der Waals surface area contributed by atoms with Gasteiger partial charge in [0.2, 0.25) is 0 Å². The normalized spacial score (nSPS) is 27.5. The molecule has 2 unspecified atom stereocenters. The van der Waals surface area contributed by atoms with Gasteiger partial charge in [0.15, 0.2) is 0 Å². The highest BCUT2D eigenvalue weighted by atomic mass is 15.2. The van der Waals surface area contributed by atoms with Gasteiger partial charge in [-0.05, 0) is 19.8 Å². The summed E-state index contributed by atoms with van der Waals surface area (Å²) >= 11 is 0. The third-order valence-electron chi connectivity index (χ3n) is 3.11. The molecule has 0 aliphatic carbocycles. The van der Waals surface area contributed by atoms with E-state index in [0.29, 0.717) is 0 Å². The van der Waals surface area contributed by atoms with Crippen LogP contribution in [0.25, 0.3) is 0 Å². The Labute approximate surface area is 82.7 Å². The van der Waals surface area contributed by atoms with Crippen molar-refractivity contribution in [2.24, 2.45) is 0 Å². The summed E-state index contributed by atoms with van der Waals surface area (Å²) in [6.45, 7) is 10.5. The van der Waals surface area contributed by atoms with Gasteiger partial charge in [0.1, 0.15) is 0 Å². The molecule has 0 aromatic rings. The van der Waals surface area contributed by atoms with E-state index >= 15 is 0 Å². The topological polar surface area (TPSA) is 15.3 Å². The van der Waals surface area contributed by atoms with Crippen LogP contribution in [0.2, 0.25) is 0 Å². The van der Waals surface area contributed by atoms with Crippen LogP contribution >= 0.6 is 0 Å². The lowest BCUT2D eigenvalue weighted by Gasteiger charge is -2.39. The zero-order chi connectivity index (χ0) is 9.68. The van der Waals surface area contributed by atoms with Gasteiger partial charge in [-0.15, -0.1) is 0 Å². The summed E-state index contributed by atoms with van der Waals surface area (Å²) in [5, 5.41) is 3.44. The lowest BCUT2D eigenvalue weighted by Crippen LogP contribution is -2.53. The second-order valence-electron chi connectivity index (χ2n) is 4.14. The number of piperazine rings is 1. The van der Waals surface area contributed by atoms with Crippen molar-refractivity contribution in [1.29, 1.82) is 0 Å². The van der Waals surface area contributed by atoms with Crippen LogP contribution in [0.3, 0.4) is 0 Å². The zero-order valence-corrected chi connectivity index (χ0v) is 9.34. The van der Waals surface area contributed by atoms with E-state index in [1.54, 1.807) is 0 Å². The molecule has 1 fully saturated rings. The largest absolute Gasteiger partial charge is 0.314 e. The maximum atomic E-state index is 3.44. The summed E-state index contributed by atoms with van der Waals surface area (Å²) in [6, 6.07) is 1.55. The van der Waals surface area contributed by atoms with Crippen LogP contribution in [-0.4, -0.2) is 36.6 Å². The van der Waals surface area contributed by atoms with E-state index in [1.807, 2.05) is 0 Å². The first-order chi connectivity index (χ1) is 6.29. The quantitative estimate of drug-likeness (QED) is 0.717. The van der Waals surface area contributed by atoms with E-state index in [-0.39, 0.29) is 0 Å². The maximum Gasteiger partial charge on any atom is 0.0195 e. The number of hydrogen-bond acceptors (Lipinski definition) is 2. The fraction of sp³-hybridized carbons (Fsp3) is 1.00. The second-order valence-corrected chi connectivity index (χ2v) is 4.14. The van der Waals surface area contributed by atoms with Crippen LogP contribution in [0.1, 0.15) is 40.0 Å². The fourth-order valence-electron chi connectivity index (χ4n) is 2.34. The van der Waals surface area contributed by atoms with E-state index in [2.05, 4.69) is 31.0 Å². The zero-order valence-electron chi connectivity index (χ0n) is 9.34. The molecule has 1 aliphatic rings. The first kappa shape index (κ1) is 11.0. The van der Waals surface area contributed by atoms with Gasteiger partial charge in [0.05, 0.1) is 0 Å². The van der Waals surface area contributed by atoms with E-state index in [1.165, 1.54) is 38.9 Å². The average Bonchev–Trinajstić information content (AvgIpc) is 2.16. The van der Waals surface area contributed by atoms with Crippen molar-refractivity contribution in [2.45, 2.75) is 52.1 Å². The SMILES string of the molecule is CCCC(CC)N1CCNCC1C. The predicted octanol–water partition coefficient (Wildman–Crippen LogP) is 1.86. The summed E-state index contributed by atoms with van der Waals surface area (Å²) in [5.41, 5.74) is 0. The number of hydrogen-bond donors (Lipinski definition) is 1. The van der Waals surface area contributed by atoms with E-state index in [4.69, 9.17) is 0 Å². The first-order valence-electron chi connectivity index (χ1n) is 5.76. The van der Waals surface area contributed by atoms with Gasteiger partial charge in [0, 0.05) is 31.7 Å². The Morgan fingerprint density at radius 3 is 2.77 bits per heavy atom. The lowest BCUT2D eigenvalue weighted by molar-refractivity contribution is 0.107. The molecule has 0 bridgehead atoms. The Kier molecular flexibility index (Phi) is 4.74. The van der Waals surface area contributed by atoms with Crippen molar-refractivity contribution >= 4 is 0 Å². The lowest BCUT2D eigenvalue weighted by atomic mass is 10.0. The van der Waals surface area contributed by atoms with Crippen LogP contribution in [-0.2, 0) is 0 Å². The minimum Gasteiger partial charge on any atom is -0.314 e. The Hall–Kier alpha value is -0.0800. The highest BCUT2D eigenvalue weighted by molar-refractivity contribution is 4.81. The van der Waals surface area contributed by atoms with Crippen molar-refractivity contribution in [2.75, 3.05) is 19.6 Å². The Morgan fingerprint density at radius 2 is 2.23 bits per heavy atom. The predicted molar refractivity (Wildman–Crippen MR) is 58.0 cm³/mol. The molecule has 1 aliphatic heterocycles. The molecule has 0 amide bonds. The average molecular weight is 184 g/mol. The molecular formula is C11H24N2. The first-order valence-corrected chi connectivity index (χ1v) is 5.76. The summed E-state index contributed by atoms with van der Waals surface area (Å²) in [4.78, 5) is 2.68. The van der Waals surface area contributed by atoms with Gasteiger partial charge >= 0.3 is 0 Å². The summed E-state index contributed by atoms with van der Waals surface area (Å²) in [6.07, 6.45) is 3.98. The second kappa shape index (κ2) is 5.61. The number of nitrogens with zero attached hydrogens (tertiary/aromatic N) is 1. The molecule has 78 valence electrons. The van der Waals surface area contributed by atoms with E-state index < -0.39 is 0 Å². The van der Waals surface area contributed by atoms with Crippen LogP contribution in [0.4, 0.5) is 0 Å². The Balaban J connectivity index is 2.44. The smallest absolute Gasteiger partial charge is 0.0195 e. The number of nitrogens with one attached hydrogen (secondary N) is 1. The molecule has 0 spiro atoms. The van der Waals surface area contributed by atoms with E-state index in [0.717, 1.165) is 12.1 Å². The molecule has 1 saturated heterocycles. The van der Waals surface area contributed by atoms with Crippen molar-refractivity contribution in [3.63, 3.8) is 0 Å².